The zero-order valence-corrected chi connectivity index (χ0v) is 10.8. The number of nitrogens with one attached hydrogen (secondary N) is 1. The van der Waals surface area contributed by atoms with Crippen molar-refractivity contribution in [1.82, 2.24) is 10.3 Å². The first kappa shape index (κ1) is 12.0. The van der Waals surface area contributed by atoms with Crippen molar-refractivity contribution in [2.75, 3.05) is 6.54 Å². The van der Waals surface area contributed by atoms with Gasteiger partial charge in [0.25, 0.3) is 0 Å². The Kier molecular flexibility index (Phi) is 3.95. The Morgan fingerprint density at radius 2 is 2.44 bits per heavy atom. The molecule has 1 fully saturated rings. The lowest BCUT2D eigenvalue weighted by Crippen LogP contribution is -2.29. The highest BCUT2D eigenvalue weighted by Gasteiger charge is 2.25. The van der Waals surface area contributed by atoms with Crippen molar-refractivity contribution in [2.24, 2.45) is 5.92 Å². The molecule has 0 aliphatic heterocycles. The highest BCUT2D eigenvalue weighted by molar-refractivity contribution is 7.09. The molecule has 1 aromatic rings. The first-order valence-corrected chi connectivity index (χ1v) is 6.88. The Hall–Kier alpha value is -0.450. The Balaban J connectivity index is 1.84. The summed E-state index contributed by atoms with van der Waals surface area (Å²) < 4.78 is 0. The lowest BCUT2D eigenvalue weighted by molar-refractivity contribution is 0.130. The van der Waals surface area contributed by atoms with Crippen molar-refractivity contribution in [3.05, 3.63) is 16.1 Å². The van der Waals surface area contributed by atoms with E-state index in [2.05, 4.69) is 24.1 Å². The molecule has 2 N–H and O–H groups in total. The fourth-order valence-electron chi connectivity index (χ4n) is 2.40. The van der Waals surface area contributed by atoms with Crippen LogP contribution in [0.1, 0.15) is 42.8 Å². The summed E-state index contributed by atoms with van der Waals surface area (Å²) in [4.78, 5) is 5.57. The third kappa shape index (κ3) is 2.62. The van der Waals surface area contributed by atoms with Crippen LogP contribution in [0.5, 0.6) is 0 Å². The molecule has 1 aliphatic carbocycles. The summed E-state index contributed by atoms with van der Waals surface area (Å²) in [6.45, 7) is 5.13. The zero-order valence-electron chi connectivity index (χ0n) is 9.94. The van der Waals surface area contributed by atoms with Gasteiger partial charge in [-0.1, -0.05) is 6.42 Å². The third-order valence-electron chi connectivity index (χ3n) is 3.48. The highest BCUT2D eigenvalue weighted by atomic mass is 32.1. The molecule has 3 unspecified atom stereocenters. The minimum Gasteiger partial charge on any atom is -0.393 e. The second-order valence-electron chi connectivity index (χ2n) is 4.69. The molecule has 1 saturated carbocycles. The second kappa shape index (κ2) is 5.25. The molecule has 16 heavy (non-hydrogen) atoms. The molecule has 3 atom stereocenters. The molecule has 0 saturated heterocycles. The molecule has 4 heteroatoms. The monoisotopic (exact) mass is 240 g/mol. The average Bonchev–Trinajstić information content (AvgIpc) is 2.84. The largest absolute Gasteiger partial charge is 0.393 e. The van der Waals surface area contributed by atoms with E-state index in [4.69, 9.17) is 0 Å². The van der Waals surface area contributed by atoms with Gasteiger partial charge in [-0.15, -0.1) is 11.3 Å². The van der Waals surface area contributed by atoms with E-state index in [-0.39, 0.29) is 6.10 Å². The quantitative estimate of drug-likeness (QED) is 0.848. The molecule has 0 amide bonds. The van der Waals surface area contributed by atoms with E-state index in [9.17, 15) is 5.11 Å². The van der Waals surface area contributed by atoms with Crippen LogP contribution >= 0.6 is 11.3 Å². The van der Waals surface area contributed by atoms with Crippen LogP contribution in [0.3, 0.4) is 0 Å². The van der Waals surface area contributed by atoms with E-state index >= 15 is 0 Å². The second-order valence-corrected chi connectivity index (χ2v) is 5.58. The maximum atomic E-state index is 9.74. The van der Waals surface area contributed by atoms with Gasteiger partial charge < -0.3 is 10.4 Å². The first-order valence-electron chi connectivity index (χ1n) is 6.00. The SMILES string of the molecule is Cc1ncsc1C(C)NCC1CCCC1O. The van der Waals surface area contributed by atoms with E-state index < -0.39 is 0 Å². The van der Waals surface area contributed by atoms with E-state index in [1.807, 2.05) is 5.51 Å². The summed E-state index contributed by atoms with van der Waals surface area (Å²) >= 11 is 1.70. The normalized spacial score (nSPS) is 27.2. The molecule has 0 aromatic carbocycles. The lowest BCUT2D eigenvalue weighted by atomic mass is 10.1. The van der Waals surface area contributed by atoms with E-state index in [0.717, 1.165) is 25.1 Å². The molecule has 0 spiro atoms. The predicted octanol–water partition coefficient (Wildman–Crippen LogP) is 2.26. The van der Waals surface area contributed by atoms with Gasteiger partial charge in [0.2, 0.25) is 0 Å². The van der Waals surface area contributed by atoms with Gasteiger partial charge in [-0.3, -0.25) is 0 Å². The molecule has 0 radical (unpaired) electrons. The van der Waals surface area contributed by atoms with Crippen LogP contribution in [0.2, 0.25) is 0 Å². The van der Waals surface area contributed by atoms with Crippen LogP contribution < -0.4 is 5.32 Å². The van der Waals surface area contributed by atoms with Crippen LogP contribution in [0.4, 0.5) is 0 Å². The number of aryl methyl sites for hydroxylation is 1. The van der Waals surface area contributed by atoms with Gasteiger partial charge in [0.15, 0.2) is 0 Å². The van der Waals surface area contributed by atoms with Crippen LogP contribution in [-0.4, -0.2) is 22.7 Å². The number of hydrogen-bond donors (Lipinski definition) is 2. The van der Waals surface area contributed by atoms with Crippen molar-refractivity contribution in [1.29, 1.82) is 0 Å². The number of rotatable bonds is 4. The molecule has 2 rings (SSSR count). The van der Waals surface area contributed by atoms with Crippen molar-refractivity contribution in [3.8, 4) is 0 Å². The van der Waals surface area contributed by atoms with E-state index in [1.54, 1.807) is 11.3 Å². The lowest BCUT2D eigenvalue weighted by Gasteiger charge is -2.19. The van der Waals surface area contributed by atoms with Crippen LogP contribution in [0.15, 0.2) is 5.51 Å². The van der Waals surface area contributed by atoms with Gasteiger partial charge in [0.05, 0.1) is 17.3 Å². The Bertz CT molecular complexity index is 340. The number of thiazole rings is 1. The fraction of sp³-hybridized carbons (Fsp3) is 0.750. The first-order chi connectivity index (χ1) is 7.68. The average molecular weight is 240 g/mol. The fourth-order valence-corrected chi connectivity index (χ4v) is 3.24. The summed E-state index contributed by atoms with van der Waals surface area (Å²) in [6, 6.07) is 0.347. The smallest absolute Gasteiger partial charge is 0.0798 e. The molecule has 1 aromatic heterocycles. The minimum atomic E-state index is -0.0951. The highest BCUT2D eigenvalue weighted by Crippen LogP contribution is 2.26. The van der Waals surface area contributed by atoms with Gasteiger partial charge in [-0.25, -0.2) is 4.98 Å². The maximum Gasteiger partial charge on any atom is 0.0798 e. The predicted molar refractivity (Wildman–Crippen MR) is 66.6 cm³/mol. The molecule has 0 bridgehead atoms. The van der Waals surface area contributed by atoms with Gasteiger partial charge >= 0.3 is 0 Å². The van der Waals surface area contributed by atoms with Crippen molar-refractivity contribution >= 4 is 11.3 Å². The number of aromatic nitrogens is 1. The Morgan fingerprint density at radius 3 is 3.00 bits per heavy atom. The Morgan fingerprint density at radius 1 is 1.62 bits per heavy atom. The van der Waals surface area contributed by atoms with Crippen molar-refractivity contribution < 1.29 is 5.11 Å². The molecule has 3 nitrogen and oxygen atoms in total. The topological polar surface area (TPSA) is 45.2 Å². The number of aliphatic hydroxyl groups excluding tert-OH is 1. The maximum absolute atomic E-state index is 9.74. The zero-order chi connectivity index (χ0) is 11.5. The molecule has 1 aliphatic rings. The Labute approximate surface area is 101 Å². The van der Waals surface area contributed by atoms with Gasteiger partial charge in [0, 0.05) is 17.5 Å². The van der Waals surface area contributed by atoms with E-state index in [0.29, 0.717) is 12.0 Å². The number of nitrogens with zero attached hydrogens (tertiary/aromatic N) is 1. The van der Waals surface area contributed by atoms with Crippen LogP contribution in [0, 0.1) is 12.8 Å². The number of aliphatic hydroxyl groups is 1. The molecule has 1 heterocycles. The summed E-state index contributed by atoms with van der Waals surface area (Å²) in [5.41, 5.74) is 3.02. The van der Waals surface area contributed by atoms with Crippen LogP contribution in [0.25, 0.3) is 0 Å². The minimum absolute atomic E-state index is 0.0951. The standard InChI is InChI=1S/C12H20N2OS/c1-8(12-9(2)14-7-16-12)13-6-10-4-3-5-11(10)15/h7-8,10-11,13,15H,3-6H2,1-2H3. The molecular formula is C12H20N2OS. The van der Waals surface area contributed by atoms with Crippen molar-refractivity contribution in [2.45, 2.75) is 45.3 Å². The van der Waals surface area contributed by atoms with E-state index in [1.165, 1.54) is 11.3 Å². The summed E-state index contributed by atoms with van der Waals surface area (Å²) in [5.74, 6) is 0.440. The van der Waals surface area contributed by atoms with Crippen LogP contribution in [-0.2, 0) is 0 Å². The summed E-state index contributed by atoms with van der Waals surface area (Å²) in [5, 5.41) is 13.2. The number of hydrogen-bond acceptors (Lipinski definition) is 4. The van der Waals surface area contributed by atoms with Crippen molar-refractivity contribution in [3.63, 3.8) is 0 Å². The van der Waals surface area contributed by atoms with Gasteiger partial charge in [-0.05, 0) is 32.6 Å². The molecular weight excluding hydrogens is 220 g/mol. The molecule has 90 valence electrons. The third-order valence-corrected chi connectivity index (χ3v) is 4.59. The summed E-state index contributed by atoms with van der Waals surface area (Å²) in [6.07, 6.45) is 3.20. The van der Waals surface area contributed by atoms with Gasteiger partial charge in [-0.2, -0.15) is 0 Å². The van der Waals surface area contributed by atoms with Gasteiger partial charge in [0.1, 0.15) is 0 Å². The summed E-state index contributed by atoms with van der Waals surface area (Å²) in [7, 11) is 0.